The molecule has 0 aliphatic carbocycles. The smallest absolute Gasteiger partial charge is 0.196 e. The molecule has 0 atom stereocenters. The van der Waals surface area contributed by atoms with E-state index in [1.165, 1.54) is 5.56 Å². The first-order chi connectivity index (χ1) is 12.7. The molecule has 2 aromatic carbocycles. The summed E-state index contributed by atoms with van der Waals surface area (Å²) in [5, 5.41) is 3.13. The number of nitrogens with one attached hydrogen (secondary N) is 1. The summed E-state index contributed by atoms with van der Waals surface area (Å²) in [5.74, 6) is 1.20. The lowest BCUT2D eigenvalue weighted by Gasteiger charge is -2.10. The van der Waals surface area contributed by atoms with E-state index in [-0.39, 0.29) is 5.78 Å². The molecule has 132 valence electrons. The number of pyridine rings is 1. The molecule has 0 aliphatic heterocycles. The van der Waals surface area contributed by atoms with Crippen LogP contribution >= 0.6 is 0 Å². The fourth-order valence-corrected chi connectivity index (χ4v) is 2.63. The predicted octanol–water partition coefficient (Wildman–Crippen LogP) is 4.63. The van der Waals surface area contributed by atoms with Crippen molar-refractivity contribution in [3.8, 4) is 5.75 Å². The summed E-state index contributed by atoms with van der Waals surface area (Å²) >= 11 is 0. The molecule has 3 rings (SSSR count). The van der Waals surface area contributed by atoms with Gasteiger partial charge < -0.3 is 10.1 Å². The highest BCUT2D eigenvalue weighted by Gasteiger charge is 2.14. The Morgan fingerprint density at radius 1 is 1.08 bits per heavy atom. The minimum absolute atomic E-state index is 0.0742. The summed E-state index contributed by atoms with van der Waals surface area (Å²) in [6.45, 7) is 5.20. The summed E-state index contributed by atoms with van der Waals surface area (Å²) < 4.78 is 5.85. The Labute approximate surface area is 153 Å². The van der Waals surface area contributed by atoms with Crippen LogP contribution in [0.3, 0.4) is 0 Å². The maximum atomic E-state index is 12.9. The second kappa shape index (κ2) is 8.30. The van der Waals surface area contributed by atoms with Gasteiger partial charge in [-0.25, -0.2) is 4.98 Å². The number of ether oxygens (including phenoxy) is 1. The van der Waals surface area contributed by atoms with E-state index in [1.807, 2.05) is 31.2 Å². The van der Waals surface area contributed by atoms with Gasteiger partial charge in [0, 0.05) is 18.3 Å². The fraction of sp³-hybridized carbons (Fsp3) is 0.182. The van der Waals surface area contributed by atoms with Crippen molar-refractivity contribution >= 4 is 11.6 Å². The van der Waals surface area contributed by atoms with Crippen molar-refractivity contribution in [2.45, 2.75) is 20.5 Å². The number of hydrogen-bond donors (Lipinski definition) is 1. The summed E-state index contributed by atoms with van der Waals surface area (Å²) in [4.78, 5) is 17.1. The first-order valence-electron chi connectivity index (χ1n) is 8.69. The van der Waals surface area contributed by atoms with Crippen molar-refractivity contribution in [2.75, 3.05) is 11.9 Å². The number of carbonyl (C=O) groups is 1. The monoisotopic (exact) mass is 346 g/mol. The second-order valence-electron chi connectivity index (χ2n) is 6.06. The van der Waals surface area contributed by atoms with Crippen molar-refractivity contribution in [1.82, 2.24) is 4.98 Å². The van der Waals surface area contributed by atoms with Gasteiger partial charge in [-0.1, -0.05) is 42.0 Å². The van der Waals surface area contributed by atoms with E-state index < -0.39 is 0 Å². The number of ketones is 1. The number of benzene rings is 2. The molecule has 0 saturated heterocycles. The second-order valence-corrected chi connectivity index (χ2v) is 6.06. The first kappa shape index (κ1) is 17.7. The van der Waals surface area contributed by atoms with Crippen molar-refractivity contribution < 1.29 is 9.53 Å². The van der Waals surface area contributed by atoms with Gasteiger partial charge in [0.1, 0.15) is 18.2 Å². The van der Waals surface area contributed by atoms with E-state index in [2.05, 4.69) is 29.4 Å². The average molecular weight is 346 g/mol. The zero-order valence-corrected chi connectivity index (χ0v) is 15.0. The molecule has 1 heterocycles. The van der Waals surface area contributed by atoms with E-state index >= 15 is 0 Å². The number of rotatable bonds is 7. The van der Waals surface area contributed by atoms with Gasteiger partial charge in [0.05, 0.1) is 5.56 Å². The van der Waals surface area contributed by atoms with Crippen LogP contribution in [-0.4, -0.2) is 17.3 Å². The molecule has 0 aliphatic rings. The molecule has 26 heavy (non-hydrogen) atoms. The molecule has 0 unspecified atom stereocenters. The lowest BCUT2D eigenvalue weighted by Crippen LogP contribution is -2.09. The van der Waals surface area contributed by atoms with E-state index in [0.29, 0.717) is 35.8 Å². The maximum Gasteiger partial charge on any atom is 0.196 e. The van der Waals surface area contributed by atoms with Crippen LogP contribution in [0.1, 0.15) is 34.0 Å². The zero-order chi connectivity index (χ0) is 18.4. The van der Waals surface area contributed by atoms with Gasteiger partial charge in [0.15, 0.2) is 5.78 Å². The zero-order valence-electron chi connectivity index (χ0n) is 15.0. The Balaban J connectivity index is 1.76. The van der Waals surface area contributed by atoms with E-state index in [0.717, 1.165) is 5.56 Å². The third kappa shape index (κ3) is 4.28. The van der Waals surface area contributed by atoms with Crippen LogP contribution in [0.4, 0.5) is 5.82 Å². The van der Waals surface area contributed by atoms with Crippen molar-refractivity contribution in [3.63, 3.8) is 0 Å². The molecular formula is C22H22N2O2. The molecule has 0 bridgehead atoms. The lowest BCUT2D eigenvalue weighted by atomic mass is 10.0. The normalized spacial score (nSPS) is 10.4. The number of nitrogens with zero attached hydrogens (tertiary/aromatic N) is 1. The van der Waals surface area contributed by atoms with Gasteiger partial charge in [0.25, 0.3) is 0 Å². The molecule has 0 fully saturated rings. The Kier molecular flexibility index (Phi) is 5.64. The van der Waals surface area contributed by atoms with Crippen molar-refractivity contribution in [1.29, 1.82) is 0 Å². The Bertz CT molecular complexity index is 889. The lowest BCUT2D eigenvalue weighted by molar-refractivity contribution is 0.103. The topological polar surface area (TPSA) is 51.2 Å². The predicted molar refractivity (Wildman–Crippen MR) is 104 cm³/mol. The quantitative estimate of drug-likeness (QED) is 0.634. The third-order valence-corrected chi connectivity index (χ3v) is 4.02. The molecule has 1 aromatic heterocycles. The third-order valence-electron chi connectivity index (χ3n) is 4.02. The molecule has 3 aromatic rings. The van der Waals surface area contributed by atoms with Crippen molar-refractivity contribution in [3.05, 3.63) is 89.1 Å². The van der Waals surface area contributed by atoms with Crippen LogP contribution in [0.5, 0.6) is 5.75 Å². The largest absolute Gasteiger partial charge is 0.489 e. The highest BCUT2D eigenvalue weighted by Crippen LogP contribution is 2.21. The Morgan fingerprint density at radius 3 is 2.65 bits per heavy atom. The molecule has 1 N–H and O–H groups in total. The molecule has 0 saturated carbocycles. The van der Waals surface area contributed by atoms with Gasteiger partial charge >= 0.3 is 0 Å². The molecule has 4 heteroatoms. The maximum absolute atomic E-state index is 12.9. The molecule has 0 spiro atoms. The molecule has 0 radical (unpaired) electrons. The first-order valence-corrected chi connectivity index (χ1v) is 8.69. The van der Waals surface area contributed by atoms with Crippen LogP contribution in [0.25, 0.3) is 0 Å². The number of aryl methyl sites for hydroxylation is 1. The fourth-order valence-electron chi connectivity index (χ4n) is 2.63. The van der Waals surface area contributed by atoms with Crippen molar-refractivity contribution in [2.24, 2.45) is 0 Å². The number of carbonyl (C=O) groups excluding carboxylic acids is 1. The number of anilines is 1. The van der Waals surface area contributed by atoms with Gasteiger partial charge in [-0.05, 0) is 43.7 Å². The van der Waals surface area contributed by atoms with Crippen LogP contribution in [0, 0.1) is 6.92 Å². The van der Waals surface area contributed by atoms with E-state index in [9.17, 15) is 4.79 Å². The average Bonchev–Trinajstić information content (AvgIpc) is 2.68. The van der Waals surface area contributed by atoms with E-state index in [4.69, 9.17) is 4.74 Å². The van der Waals surface area contributed by atoms with Gasteiger partial charge in [-0.2, -0.15) is 0 Å². The Hall–Kier alpha value is -3.14. The van der Waals surface area contributed by atoms with E-state index in [1.54, 1.807) is 30.5 Å². The van der Waals surface area contributed by atoms with Crippen LogP contribution < -0.4 is 10.1 Å². The molecular weight excluding hydrogens is 324 g/mol. The standard InChI is InChI=1S/C22H22N2O2/c1-3-23-22-20(8-5-13-24-22)21(25)18-6-4-7-19(14-18)26-15-17-11-9-16(2)10-12-17/h4-14H,3,15H2,1-2H3,(H,23,24). The summed E-state index contributed by atoms with van der Waals surface area (Å²) in [6.07, 6.45) is 1.68. The summed E-state index contributed by atoms with van der Waals surface area (Å²) in [5.41, 5.74) is 3.45. The summed E-state index contributed by atoms with van der Waals surface area (Å²) in [6, 6.07) is 19.0. The minimum atomic E-state index is -0.0742. The van der Waals surface area contributed by atoms with Crippen LogP contribution in [-0.2, 0) is 6.61 Å². The van der Waals surface area contributed by atoms with Crippen LogP contribution in [0.15, 0.2) is 66.9 Å². The number of hydrogen-bond acceptors (Lipinski definition) is 4. The highest BCUT2D eigenvalue weighted by atomic mass is 16.5. The SMILES string of the molecule is CCNc1ncccc1C(=O)c1cccc(OCc2ccc(C)cc2)c1. The van der Waals surface area contributed by atoms with Gasteiger partial charge in [-0.15, -0.1) is 0 Å². The molecule has 4 nitrogen and oxygen atoms in total. The molecule has 0 amide bonds. The Morgan fingerprint density at radius 2 is 1.88 bits per heavy atom. The highest BCUT2D eigenvalue weighted by molar-refractivity contribution is 6.12. The summed E-state index contributed by atoms with van der Waals surface area (Å²) in [7, 11) is 0. The number of aromatic nitrogens is 1. The van der Waals surface area contributed by atoms with Gasteiger partial charge in [0.2, 0.25) is 0 Å². The minimum Gasteiger partial charge on any atom is -0.489 e. The van der Waals surface area contributed by atoms with Gasteiger partial charge in [-0.3, -0.25) is 4.79 Å². The van der Waals surface area contributed by atoms with Crippen LogP contribution in [0.2, 0.25) is 0 Å².